The molecule has 2 amide bonds. The van der Waals surface area contributed by atoms with Crippen molar-refractivity contribution in [1.29, 1.82) is 0 Å². The molecule has 0 aromatic heterocycles. The predicted octanol–water partition coefficient (Wildman–Crippen LogP) is -0.234. The maximum atomic E-state index is 11.5. The van der Waals surface area contributed by atoms with Crippen LogP contribution in [0, 0.1) is 0 Å². The number of rotatable bonds is 4. The van der Waals surface area contributed by atoms with Crippen molar-refractivity contribution in [3.05, 3.63) is 0 Å². The molecule has 1 aliphatic rings. The van der Waals surface area contributed by atoms with E-state index in [2.05, 4.69) is 5.32 Å². The molecule has 1 heterocycles. The normalized spacial score (nSPS) is 17.1. The topological polar surface area (TPSA) is 113 Å². The van der Waals surface area contributed by atoms with Crippen LogP contribution in [0.15, 0.2) is 0 Å². The highest BCUT2D eigenvalue weighted by atomic mass is 16.6. The molecular weight excluding hydrogens is 268 g/mol. The lowest BCUT2D eigenvalue weighted by Gasteiger charge is -2.25. The van der Waals surface area contributed by atoms with Gasteiger partial charge in [-0.1, -0.05) is 0 Å². The van der Waals surface area contributed by atoms with Crippen molar-refractivity contribution in [1.82, 2.24) is 10.2 Å². The molecule has 0 aromatic carbocycles. The number of likely N-dealkylation sites (tertiary alicyclic amines) is 1. The number of carboxylic acid groups (broad SMARTS) is 1. The van der Waals surface area contributed by atoms with Gasteiger partial charge in [0.05, 0.1) is 19.5 Å². The van der Waals surface area contributed by atoms with E-state index in [0.29, 0.717) is 0 Å². The Balaban J connectivity index is 2.61. The van der Waals surface area contributed by atoms with Gasteiger partial charge in [-0.15, -0.1) is 0 Å². The van der Waals surface area contributed by atoms with Gasteiger partial charge in [-0.05, 0) is 20.8 Å². The molecule has 0 spiro atoms. The highest BCUT2D eigenvalue weighted by Crippen LogP contribution is 2.12. The zero-order valence-corrected chi connectivity index (χ0v) is 11.6. The predicted molar refractivity (Wildman–Crippen MR) is 67.0 cm³/mol. The molecule has 0 saturated carbocycles. The second-order valence-electron chi connectivity index (χ2n) is 5.47. The number of amides is 2. The van der Waals surface area contributed by atoms with E-state index < -0.39 is 29.6 Å². The third-order valence-electron chi connectivity index (χ3n) is 2.52. The van der Waals surface area contributed by atoms with Gasteiger partial charge >= 0.3 is 12.1 Å². The number of carboxylic acids is 1. The van der Waals surface area contributed by atoms with Crippen LogP contribution >= 0.6 is 0 Å². The molecule has 1 saturated heterocycles. The van der Waals surface area contributed by atoms with Crippen molar-refractivity contribution in [2.45, 2.75) is 38.8 Å². The Morgan fingerprint density at radius 1 is 1.40 bits per heavy atom. The summed E-state index contributed by atoms with van der Waals surface area (Å²) in [5, 5.41) is 11.4. The summed E-state index contributed by atoms with van der Waals surface area (Å²) < 4.78 is 4.97. The van der Waals surface area contributed by atoms with Gasteiger partial charge in [-0.25, -0.2) is 9.59 Å². The lowest BCUT2D eigenvalue weighted by Crippen LogP contribution is -2.50. The zero-order valence-electron chi connectivity index (χ0n) is 11.6. The van der Waals surface area contributed by atoms with Crippen LogP contribution < -0.4 is 5.32 Å². The van der Waals surface area contributed by atoms with E-state index in [9.17, 15) is 19.2 Å². The lowest BCUT2D eigenvalue weighted by atomic mass is 10.2. The van der Waals surface area contributed by atoms with Crippen molar-refractivity contribution < 1.29 is 29.0 Å². The molecule has 8 heteroatoms. The largest absolute Gasteiger partial charge is 0.480 e. The van der Waals surface area contributed by atoms with Gasteiger partial charge in [0.1, 0.15) is 11.6 Å². The highest BCUT2D eigenvalue weighted by Gasteiger charge is 2.37. The smallest absolute Gasteiger partial charge is 0.407 e. The number of alkyl carbamates (subject to hydrolysis) is 1. The second-order valence-corrected chi connectivity index (χ2v) is 5.47. The van der Waals surface area contributed by atoms with Crippen LogP contribution in [-0.4, -0.2) is 58.5 Å². The van der Waals surface area contributed by atoms with Crippen molar-refractivity contribution in [3.63, 3.8) is 0 Å². The second kappa shape index (κ2) is 5.89. The van der Waals surface area contributed by atoms with E-state index >= 15 is 0 Å². The summed E-state index contributed by atoms with van der Waals surface area (Å²) in [6, 6.07) is -1.28. The van der Waals surface area contributed by atoms with Crippen LogP contribution in [0.25, 0.3) is 0 Å². The zero-order chi connectivity index (χ0) is 15.5. The Hall–Kier alpha value is -2.12. The minimum Gasteiger partial charge on any atom is -0.480 e. The number of ketones is 1. The fourth-order valence-corrected chi connectivity index (χ4v) is 1.71. The molecular formula is C12H18N2O6. The molecule has 0 aromatic rings. The number of nitrogens with zero attached hydrogens (tertiary/aromatic N) is 1. The summed E-state index contributed by atoms with van der Waals surface area (Å²) in [6.07, 6.45) is -1.07. The van der Waals surface area contributed by atoms with Crippen molar-refractivity contribution in [3.8, 4) is 0 Å². The number of hydrogen-bond acceptors (Lipinski definition) is 5. The summed E-state index contributed by atoms with van der Waals surface area (Å²) in [7, 11) is 0. The molecule has 0 unspecified atom stereocenters. The van der Waals surface area contributed by atoms with E-state index in [1.807, 2.05) is 0 Å². The first-order valence-corrected chi connectivity index (χ1v) is 6.11. The Bertz CT molecular complexity index is 440. The molecule has 8 nitrogen and oxygen atoms in total. The average molecular weight is 286 g/mol. The molecule has 0 bridgehead atoms. The maximum absolute atomic E-state index is 11.5. The van der Waals surface area contributed by atoms with E-state index in [0.717, 1.165) is 4.90 Å². The molecule has 1 aliphatic heterocycles. The van der Waals surface area contributed by atoms with E-state index in [1.165, 1.54) is 0 Å². The highest BCUT2D eigenvalue weighted by molar-refractivity contribution is 6.06. The van der Waals surface area contributed by atoms with Gasteiger partial charge in [0.2, 0.25) is 5.91 Å². The lowest BCUT2D eigenvalue weighted by molar-refractivity contribution is -0.148. The van der Waals surface area contributed by atoms with Crippen LogP contribution in [0.5, 0.6) is 0 Å². The number of hydrogen-bond donors (Lipinski definition) is 2. The minimum absolute atomic E-state index is 0.244. The Labute approximate surface area is 116 Å². The maximum Gasteiger partial charge on any atom is 0.407 e. The molecule has 1 fully saturated rings. The number of Topliss-reactive ketones (excluding diaryl/α,β-unsaturated/α-hetero) is 1. The first kappa shape index (κ1) is 15.9. The molecule has 20 heavy (non-hydrogen) atoms. The van der Waals surface area contributed by atoms with E-state index in [1.54, 1.807) is 20.8 Å². The Morgan fingerprint density at radius 3 is 2.40 bits per heavy atom. The molecule has 112 valence electrons. The molecule has 0 aliphatic carbocycles. The van der Waals surface area contributed by atoms with Crippen LogP contribution in [0.4, 0.5) is 4.79 Å². The fraction of sp³-hybridized carbons (Fsp3) is 0.667. The van der Waals surface area contributed by atoms with Gasteiger partial charge in [0.15, 0.2) is 5.78 Å². The number of ether oxygens (including phenoxy) is 1. The first-order chi connectivity index (χ1) is 9.10. The summed E-state index contributed by atoms with van der Waals surface area (Å²) >= 11 is 0. The number of carbonyl (C=O) groups excluding carboxylic acids is 3. The van der Waals surface area contributed by atoms with Crippen molar-refractivity contribution >= 4 is 23.8 Å². The number of aliphatic carboxylic acids is 1. The monoisotopic (exact) mass is 286 g/mol. The van der Waals surface area contributed by atoms with Gasteiger partial charge in [0.25, 0.3) is 0 Å². The summed E-state index contributed by atoms with van der Waals surface area (Å²) in [6.45, 7) is 4.45. The minimum atomic E-state index is -1.29. The van der Waals surface area contributed by atoms with Gasteiger partial charge in [0, 0.05) is 0 Å². The third-order valence-corrected chi connectivity index (χ3v) is 2.52. The fourth-order valence-electron chi connectivity index (χ4n) is 1.71. The van der Waals surface area contributed by atoms with Gasteiger partial charge < -0.3 is 20.1 Å². The Morgan fingerprint density at radius 2 is 2.00 bits per heavy atom. The third kappa shape index (κ3) is 4.52. The molecule has 0 radical (unpaired) electrons. The average Bonchev–Trinajstić information content (AvgIpc) is 2.55. The van der Waals surface area contributed by atoms with Crippen molar-refractivity contribution in [2.24, 2.45) is 0 Å². The first-order valence-electron chi connectivity index (χ1n) is 6.11. The van der Waals surface area contributed by atoms with Gasteiger partial charge in [-0.3, -0.25) is 9.59 Å². The number of nitrogens with one attached hydrogen (secondary N) is 1. The quantitative estimate of drug-likeness (QED) is 0.690. The Kier molecular flexibility index (Phi) is 4.69. The SMILES string of the molecule is CC(C)(C)OC(=O)NC[C@H](C(=O)O)N1CC(=O)CC1=O. The van der Waals surface area contributed by atoms with Gasteiger partial charge in [-0.2, -0.15) is 0 Å². The van der Waals surface area contributed by atoms with E-state index in [4.69, 9.17) is 9.84 Å². The molecule has 1 atom stereocenters. The number of carbonyl (C=O) groups is 4. The van der Waals surface area contributed by atoms with E-state index in [-0.39, 0.29) is 25.3 Å². The van der Waals surface area contributed by atoms with Crippen LogP contribution in [0.3, 0.4) is 0 Å². The molecule has 1 rings (SSSR count). The summed E-state index contributed by atoms with van der Waals surface area (Å²) in [5.41, 5.74) is -0.706. The van der Waals surface area contributed by atoms with Crippen LogP contribution in [-0.2, 0) is 19.1 Å². The molecule has 2 N–H and O–H groups in total. The standard InChI is InChI=1S/C12H18N2O6/c1-12(2,3)20-11(19)13-5-8(10(17)18)14-6-7(15)4-9(14)16/h8H,4-6H2,1-3H3,(H,13,19)(H,17,18)/t8-/m1/s1. The van der Waals surface area contributed by atoms with Crippen LogP contribution in [0.1, 0.15) is 27.2 Å². The summed E-state index contributed by atoms with van der Waals surface area (Å²) in [5.74, 6) is -2.17. The van der Waals surface area contributed by atoms with Crippen LogP contribution in [0.2, 0.25) is 0 Å². The summed E-state index contributed by atoms with van der Waals surface area (Å²) in [4.78, 5) is 46.2. The van der Waals surface area contributed by atoms with Crippen molar-refractivity contribution in [2.75, 3.05) is 13.1 Å².